The predicted octanol–water partition coefficient (Wildman–Crippen LogP) is 2.40. The van der Waals surface area contributed by atoms with Crippen LogP contribution in [-0.2, 0) is 13.6 Å². The average molecular weight is 298 g/mol. The first-order valence-corrected chi connectivity index (χ1v) is 7.78. The van der Waals surface area contributed by atoms with Crippen molar-refractivity contribution in [2.45, 2.75) is 32.2 Å². The van der Waals surface area contributed by atoms with Gasteiger partial charge in [0.2, 0.25) is 0 Å². The molecular weight excluding hydrogens is 276 g/mol. The molecule has 1 aliphatic rings. The molecule has 2 aromatic heterocycles. The largest absolute Gasteiger partial charge is 0.353 e. The molecule has 3 heterocycles. The molecule has 0 aromatic carbocycles. The summed E-state index contributed by atoms with van der Waals surface area (Å²) in [6, 6.07) is 4.03. The van der Waals surface area contributed by atoms with E-state index in [0.717, 1.165) is 30.9 Å². The lowest BCUT2D eigenvalue weighted by Crippen LogP contribution is -2.34. The number of piperidine rings is 1. The predicted molar refractivity (Wildman–Crippen MR) is 84.7 cm³/mol. The Bertz CT molecular complexity index is 650. The maximum atomic E-state index is 11.5. The number of hydrogen-bond donors (Lipinski definition) is 0. The number of likely N-dealkylation sites (tertiary alicyclic amines) is 1. The average Bonchev–Trinajstić information content (AvgIpc) is 2.90. The fourth-order valence-corrected chi connectivity index (χ4v) is 3.17. The summed E-state index contributed by atoms with van der Waals surface area (Å²) >= 11 is 0. The van der Waals surface area contributed by atoms with Crippen molar-refractivity contribution in [3.05, 3.63) is 47.8 Å². The van der Waals surface area contributed by atoms with Crippen LogP contribution in [-0.4, -0.2) is 38.3 Å². The van der Waals surface area contributed by atoms with E-state index in [4.69, 9.17) is 0 Å². The molecule has 0 spiro atoms. The minimum atomic E-state index is 0.124. The van der Waals surface area contributed by atoms with Gasteiger partial charge in [-0.3, -0.25) is 9.69 Å². The van der Waals surface area contributed by atoms with Crippen LogP contribution in [0.25, 0.3) is 0 Å². The van der Waals surface area contributed by atoms with E-state index < -0.39 is 0 Å². The minimum Gasteiger partial charge on any atom is -0.353 e. The molecule has 1 fully saturated rings. The van der Waals surface area contributed by atoms with Crippen molar-refractivity contribution >= 4 is 5.78 Å². The molecular formula is C17H22N4O. The Labute approximate surface area is 131 Å². The summed E-state index contributed by atoms with van der Waals surface area (Å²) in [5.74, 6) is 0.601. The van der Waals surface area contributed by atoms with Crippen LogP contribution in [0.2, 0.25) is 0 Å². The van der Waals surface area contributed by atoms with Crippen molar-refractivity contribution < 1.29 is 4.79 Å². The van der Waals surface area contributed by atoms with Gasteiger partial charge in [-0.25, -0.2) is 9.97 Å². The fraction of sp³-hybridized carbons (Fsp3) is 0.471. The first-order chi connectivity index (χ1) is 10.6. The topological polar surface area (TPSA) is 51.0 Å². The fourth-order valence-electron chi connectivity index (χ4n) is 3.17. The number of hydrogen-bond acceptors (Lipinski definition) is 4. The SMILES string of the molecule is CC(=O)c1cc(CN2CCCC(c3ccncn3)C2)n(C)c1. The maximum Gasteiger partial charge on any atom is 0.161 e. The van der Waals surface area contributed by atoms with Crippen LogP contribution in [0.1, 0.15) is 47.4 Å². The second kappa shape index (κ2) is 6.40. The van der Waals surface area contributed by atoms with Crippen LogP contribution in [0.15, 0.2) is 30.9 Å². The maximum absolute atomic E-state index is 11.5. The van der Waals surface area contributed by atoms with Crippen molar-refractivity contribution in [2.75, 3.05) is 13.1 Å². The summed E-state index contributed by atoms with van der Waals surface area (Å²) in [4.78, 5) is 22.4. The molecule has 3 rings (SSSR count). The quantitative estimate of drug-likeness (QED) is 0.813. The van der Waals surface area contributed by atoms with E-state index in [0.29, 0.717) is 5.92 Å². The van der Waals surface area contributed by atoms with E-state index in [1.54, 1.807) is 13.3 Å². The van der Waals surface area contributed by atoms with E-state index in [2.05, 4.69) is 19.4 Å². The molecule has 1 unspecified atom stereocenters. The van der Waals surface area contributed by atoms with Crippen molar-refractivity contribution in [1.29, 1.82) is 0 Å². The second-order valence-electron chi connectivity index (χ2n) is 6.10. The van der Waals surface area contributed by atoms with Gasteiger partial charge in [-0.2, -0.15) is 0 Å². The van der Waals surface area contributed by atoms with Crippen LogP contribution in [0.5, 0.6) is 0 Å². The highest BCUT2D eigenvalue weighted by atomic mass is 16.1. The molecule has 2 aromatic rings. The van der Waals surface area contributed by atoms with Crippen molar-refractivity contribution in [3.63, 3.8) is 0 Å². The van der Waals surface area contributed by atoms with Crippen LogP contribution >= 0.6 is 0 Å². The molecule has 0 bridgehead atoms. The number of nitrogens with zero attached hydrogens (tertiary/aromatic N) is 4. The smallest absolute Gasteiger partial charge is 0.161 e. The zero-order valence-corrected chi connectivity index (χ0v) is 13.2. The molecule has 0 aliphatic carbocycles. The van der Waals surface area contributed by atoms with Gasteiger partial charge in [0.25, 0.3) is 0 Å². The van der Waals surface area contributed by atoms with Crippen LogP contribution in [0.4, 0.5) is 0 Å². The molecule has 1 aliphatic heterocycles. The number of Topliss-reactive ketones (excluding diaryl/α,β-unsaturated/α-hetero) is 1. The van der Waals surface area contributed by atoms with Crippen molar-refractivity contribution in [3.8, 4) is 0 Å². The number of aryl methyl sites for hydroxylation is 1. The normalized spacial score (nSPS) is 19.3. The highest BCUT2D eigenvalue weighted by Gasteiger charge is 2.23. The number of ketones is 1. The van der Waals surface area contributed by atoms with Crippen LogP contribution in [0, 0.1) is 0 Å². The van der Waals surface area contributed by atoms with Gasteiger partial charge in [-0.05, 0) is 38.4 Å². The Balaban J connectivity index is 1.69. The van der Waals surface area contributed by atoms with Crippen LogP contribution in [0.3, 0.4) is 0 Å². The Kier molecular flexibility index (Phi) is 4.34. The highest BCUT2D eigenvalue weighted by Crippen LogP contribution is 2.26. The summed E-state index contributed by atoms with van der Waals surface area (Å²) < 4.78 is 2.06. The summed E-state index contributed by atoms with van der Waals surface area (Å²) in [5.41, 5.74) is 3.12. The summed E-state index contributed by atoms with van der Waals surface area (Å²) in [5, 5.41) is 0. The Morgan fingerprint density at radius 2 is 2.32 bits per heavy atom. The van der Waals surface area contributed by atoms with Gasteiger partial charge in [-0.15, -0.1) is 0 Å². The molecule has 116 valence electrons. The number of carbonyl (C=O) groups excluding carboxylic acids is 1. The minimum absolute atomic E-state index is 0.124. The van der Waals surface area contributed by atoms with Gasteiger partial charge in [0.15, 0.2) is 5.78 Å². The second-order valence-corrected chi connectivity index (χ2v) is 6.10. The summed E-state index contributed by atoms with van der Waals surface area (Å²) in [6.45, 7) is 4.61. The van der Waals surface area contributed by atoms with Crippen LogP contribution < -0.4 is 0 Å². The Morgan fingerprint density at radius 1 is 1.45 bits per heavy atom. The number of aromatic nitrogens is 3. The zero-order valence-electron chi connectivity index (χ0n) is 13.2. The van der Waals surface area contributed by atoms with E-state index >= 15 is 0 Å². The first-order valence-electron chi connectivity index (χ1n) is 7.78. The molecule has 1 atom stereocenters. The van der Waals surface area contributed by atoms with Crippen molar-refractivity contribution in [1.82, 2.24) is 19.4 Å². The van der Waals surface area contributed by atoms with Gasteiger partial charge in [-0.1, -0.05) is 0 Å². The molecule has 5 heteroatoms. The van der Waals surface area contributed by atoms with Gasteiger partial charge in [0, 0.05) is 55.4 Å². The van der Waals surface area contributed by atoms with E-state index in [-0.39, 0.29) is 5.78 Å². The lowest BCUT2D eigenvalue weighted by Gasteiger charge is -2.32. The number of rotatable bonds is 4. The standard InChI is InChI=1S/C17H22N4O/c1-13(22)15-8-16(20(2)9-15)11-21-7-3-4-14(10-21)17-5-6-18-12-19-17/h5-6,8-9,12,14H,3-4,7,10-11H2,1-2H3. The molecule has 1 saturated heterocycles. The zero-order chi connectivity index (χ0) is 15.5. The van der Waals surface area contributed by atoms with E-state index in [9.17, 15) is 4.79 Å². The molecule has 0 N–H and O–H groups in total. The third-order valence-electron chi connectivity index (χ3n) is 4.43. The van der Waals surface area contributed by atoms with E-state index in [1.807, 2.05) is 31.6 Å². The van der Waals surface area contributed by atoms with Gasteiger partial charge < -0.3 is 4.57 Å². The summed E-state index contributed by atoms with van der Waals surface area (Å²) in [6.07, 6.45) is 7.73. The van der Waals surface area contributed by atoms with E-state index in [1.165, 1.54) is 18.5 Å². The lowest BCUT2D eigenvalue weighted by molar-refractivity contribution is 0.101. The molecule has 0 saturated carbocycles. The number of carbonyl (C=O) groups is 1. The molecule has 22 heavy (non-hydrogen) atoms. The van der Waals surface area contributed by atoms with Crippen molar-refractivity contribution in [2.24, 2.45) is 7.05 Å². The van der Waals surface area contributed by atoms with Gasteiger partial charge in [0.1, 0.15) is 6.33 Å². The van der Waals surface area contributed by atoms with Gasteiger partial charge >= 0.3 is 0 Å². The monoisotopic (exact) mass is 298 g/mol. The Morgan fingerprint density at radius 3 is 3.00 bits per heavy atom. The molecule has 0 radical (unpaired) electrons. The highest BCUT2D eigenvalue weighted by molar-refractivity contribution is 5.94. The Hall–Kier alpha value is -2.01. The molecule has 0 amide bonds. The third kappa shape index (κ3) is 3.25. The first kappa shape index (κ1) is 14.9. The third-order valence-corrected chi connectivity index (χ3v) is 4.43. The molecule has 5 nitrogen and oxygen atoms in total. The summed E-state index contributed by atoms with van der Waals surface area (Å²) in [7, 11) is 2.01. The van der Waals surface area contributed by atoms with Gasteiger partial charge in [0.05, 0.1) is 0 Å². The lowest BCUT2D eigenvalue weighted by atomic mass is 9.94.